The summed E-state index contributed by atoms with van der Waals surface area (Å²) in [6.07, 6.45) is 9.60. The normalized spacial score (nSPS) is 31.3. The van der Waals surface area contributed by atoms with Crippen LogP contribution in [-0.4, -0.2) is 27.7 Å². The van der Waals surface area contributed by atoms with Gasteiger partial charge in [0.1, 0.15) is 5.03 Å². The number of amides is 1. The van der Waals surface area contributed by atoms with Gasteiger partial charge in [0.25, 0.3) is 5.91 Å². The van der Waals surface area contributed by atoms with Crippen LogP contribution >= 0.6 is 23.1 Å². The molecule has 1 N–H and O–H groups in total. The molecule has 0 radical (unpaired) electrons. The minimum Gasteiger partial charge on any atom is -0.346 e. The van der Waals surface area contributed by atoms with E-state index in [1.165, 1.54) is 31.0 Å². The van der Waals surface area contributed by atoms with Crippen LogP contribution in [0.15, 0.2) is 22.5 Å². The summed E-state index contributed by atoms with van der Waals surface area (Å²) in [7, 11) is 0. The van der Waals surface area contributed by atoms with Crippen LogP contribution in [0, 0.1) is 24.7 Å². The molecule has 2 aromatic heterocycles. The van der Waals surface area contributed by atoms with Gasteiger partial charge in [-0.25, -0.2) is 9.97 Å². The van der Waals surface area contributed by atoms with Crippen LogP contribution in [0.4, 0.5) is 0 Å². The Hall–Kier alpha value is -1.40. The standard InChI is InChI=1S/C21H25N3OS2/c1-12-17(20(26-2)23-18(22-12)16-4-3-5-27-16)19(25)24-21-9-13-6-14(10-21)8-15(7-13)11-21/h3-5,13-15H,6-11H2,1-2H3,(H,24,25). The average molecular weight is 400 g/mol. The van der Waals surface area contributed by atoms with Crippen molar-refractivity contribution in [2.75, 3.05) is 6.26 Å². The first-order valence-corrected chi connectivity index (χ1v) is 11.9. The maximum absolute atomic E-state index is 13.3. The first kappa shape index (κ1) is 17.7. The number of nitrogens with one attached hydrogen (secondary N) is 1. The van der Waals surface area contributed by atoms with Crippen molar-refractivity contribution in [3.63, 3.8) is 0 Å². The van der Waals surface area contributed by atoms with Gasteiger partial charge >= 0.3 is 0 Å². The van der Waals surface area contributed by atoms with E-state index in [4.69, 9.17) is 4.98 Å². The molecule has 0 saturated heterocycles. The lowest BCUT2D eigenvalue weighted by Gasteiger charge is -2.56. The van der Waals surface area contributed by atoms with Gasteiger partial charge in [0.15, 0.2) is 5.82 Å². The number of thioether (sulfide) groups is 1. The maximum Gasteiger partial charge on any atom is 0.256 e. The molecular weight excluding hydrogens is 374 g/mol. The quantitative estimate of drug-likeness (QED) is 0.585. The topological polar surface area (TPSA) is 54.9 Å². The van der Waals surface area contributed by atoms with Crippen molar-refractivity contribution in [1.29, 1.82) is 0 Å². The molecular formula is C21H25N3OS2. The Morgan fingerprint density at radius 1 is 1.19 bits per heavy atom. The van der Waals surface area contributed by atoms with Gasteiger partial charge in [-0.1, -0.05) is 6.07 Å². The predicted octanol–water partition coefficient (Wildman–Crippen LogP) is 4.93. The molecule has 0 aromatic carbocycles. The van der Waals surface area contributed by atoms with Crippen molar-refractivity contribution < 1.29 is 4.79 Å². The molecule has 1 amide bonds. The number of aromatic nitrogens is 2. The van der Waals surface area contributed by atoms with E-state index in [2.05, 4.69) is 10.3 Å². The van der Waals surface area contributed by atoms with Crippen LogP contribution in [0.2, 0.25) is 0 Å². The molecule has 4 aliphatic rings. The summed E-state index contributed by atoms with van der Waals surface area (Å²) in [5, 5.41) is 6.29. The molecule has 6 rings (SSSR count). The van der Waals surface area contributed by atoms with E-state index in [1.807, 2.05) is 30.7 Å². The highest BCUT2D eigenvalue weighted by Gasteiger charge is 2.51. The maximum atomic E-state index is 13.3. The SMILES string of the molecule is CSc1nc(-c2cccs2)nc(C)c1C(=O)NC12CC3CC(CC(C3)C1)C2. The van der Waals surface area contributed by atoms with Gasteiger partial charge in [0.2, 0.25) is 0 Å². The van der Waals surface area contributed by atoms with Crippen LogP contribution in [0.5, 0.6) is 0 Å². The highest BCUT2D eigenvalue weighted by atomic mass is 32.2. The van der Waals surface area contributed by atoms with Crippen LogP contribution in [0.3, 0.4) is 0 Å². The Bertz CT molecular complexity index is 843. The van der Waals surface area contributed by atoms with Gasteiger partial charge in [-0.2, -0.15) is 0 Å². The van der Waals surface area contributed by atoms with Gasteiger partial charge in [0.05, 0.1) is 16.1 Å². The number of hydrogen-bond donors (Lipinski definition) is 1. The van der Waals surface area contributed by atoms with E-state index in [0.29, 0.717) is 5.56 Å². The monoisotopic (exact) mass is 399 g/mol. The smallest absolute Gasteiger partial charge is 0.256 e. The second kappa shape index (κ2) is 6.59. The largest absolute Gasteiger partial charge is 0.346 e. The zero-order valence-electron chi connectivity index (χ0n) is 15.8. The lowest BCUT2D eigenvalue weighted by atomic mass is 9.53. The van der Waals surface area contributed by atoms with E-state index in [9.17, 15) is 4.79 Å². The lowest BCUT2D eigenvalue weighted by Crippen LogP contribution is -2.60. The summed E-state index contributed by atoms with van der Waals surface area (Å²) in [6.45, 7) is 1.94. The molecule has 6 heteroatoms. The molecule has 0 aliphatic heterocycles. The highest BCUT2D eigenvalue weighted by molar-refractivity contribution is 7.98. The number of rotatable bonds is 4. The van der Waals surface area contributed by atoms with Crippen LogP contribution < -0.4 is 5.32 Å². The third-order valence-electron chi connectivity index (χ3n) is 6.64. The fourth-order valence-electron chi connectivity index (χ4n) is 6.04. The zero-order valence-corrected chi connectivity index (χ0v) is 17.5. The van der Waals surface area contributed by atoms with Gasteiger partial charge in [-0.05, 0) is 80.9 Å². The third kappa shape index (κ3) is 3.11. The molecule has 0 unspecified atom stereocenters. The Kier molecular flexibility index (Phi) is 4.32. The second-order valence-electron chi connectivity index (χ2n) is 8.65. The molecule has 4 saturated carbocycles. The number of hydrogen-bond acceptors (Lipinski definition) is 5. The Morgan fingerprint density at radius 3 is 2.41 bits per heavy atom. The number of thiophene rings is 1. The van der Waals surface area contributed by atoms with Gasteiger partial charge in [-0.15, -0.1) is 23.1 Å². The first-order valence-electron chi connectivity index (χ1n) is 9.84. The molecule has 4 nitrogen and oxygen atoms in total. The molecule has 2 aromatic rings. The fraction of sp³-hybridized carbons (Fsp3) is 0.571. The van der Waals surface area contributed by atoms with Gasteiger partial charge in [-0.3, -0.25) is 4.79 Å². The number of carbonyl (C=O) groups is 1. The molecule has 142 valence electrons. The van der Waals surface area contributed by atoms with Crippen LogP contribution in [0.1, 0.15) is 54.6 Å². The summed E-state index contributed by atoms with van der Waals surface area (Å²) < 4.78 is 0. The van der Waals surface area contributed by atoms with Crippen molar-refractivity contribution in [2.24, 2.45) is 17.8 Å². The van der Waals surface area contributed by atoms with Gasteiger partial charge in [0, 0.05) is 5.54 Å². The average Bonchev–Trinajstić information content (AvgIpc) is 3.13. The van der Waals surface area contributed by atoms with Crippen LogP contribution in [-0.2, 0) is 0 Å². The third-order valence-corrected chi connectivity index (χ3v) is 8.18. The molecule has 4 bridgehead atoms. The number of nitrogens with zero attached hydrogens (tertiary/aromatic N) is 2. The van der Waals surface area contributed by atoms with Crippen molar-refractivity contribution in [1.82, 2.24) is 15.3 Å². The Balaban J connectivity index is 1.45. The molecule has 0 atom stereocenters. The highest BCUT2D eigenvalue weighted by Crippen LogP contribution is 2.55. The van der Waals surface area contributed by atoms with E-state index < -0.39 is 0 Å². The van der Waals surface area contributed by atoms with Crippen molar-refractivity contribution in [3.8, 4) is 10.7 Å². The zero-order chi connectivity index (χ0) is 18.6. The molecule has 4 fully saturated rings. The summed E-state index contributed by atoms with van der Waals surface area (Å²) in [5.74, 6) is 3.19. The molecule has 27 heavy (non-hydrogen) atoms. The minimum atomic E-state index is 0.0143. The van der Waals surface area contributed by atoms with Crippen molar-refractivity contribution >= 4 is 29.0 Å². The predicted molar refractivity (Wildman–Crippen MR) is 110 cm³/mol. The summed E-state index contributed by atoms with van der Waals surface area (Å²) in [6, 6.07) is 4.03. The Morgan fingerprint density at radius 2 is 1.85 bits per heavy atom. The summed E-state index contributed by atoms with van der Waals surface area (Å²) in [4.78, 5) is 23.7. The van der Waals surface area contributed by atoms with E-state index in [1.54, 1.807) is 11.3 Å². The number of carbonyl (C=O) groups excluding carboxylic acids is 1. The lowest BCUT2D eigenvalue weighted by molar-refractivity contribution is -0.0167. The van der Waals surface area contributed by atoms with E-state index in [0.717, 1.165) is 58.4 Å². The molecule has 0 spiro atoms. The summed E-state index contributed by atoms with van der Waals surface area (Å²) >= 11 is 3.16. The second-order valence-corrected chi connectivity index (χ2v) is 10.4. The summed E-state index contributed by atoms with van der Waals surface area (Å²) in [5.41, 5.74) is 1.46. The first-order chi connectivity index (χ1) is 13.0. The van der Waals surface area contributed by atoms with Crippen molar-refractivity contribution in [3.05, 3.63) is 28.8 Å². The van der Waals surface area contributed by atoms with Crippen LogP contribution in [0.25, 0.3) is 10.7 Å². The van der Waals surface area contributed by atoms with E-state index >= 15 is 0 Å². The van der Waals surface area contributed by atoms with Crippen molar-refractivity contribution in [2.45, 2.75) is 56.0 Å². The molecule has 4 aliphatic carbocycles. The van der Waals surface area contributed by atoms with Gasteiger partial charge < -0.3 is 5.32 Å². The number of aryl methyl sites for hydroxylation is 1. The van der Waals surface area contributed by atoms with E-state index in [-0.39, 0.29) is 11.4 Å². The fourth-order valence-corrected chi connectivity index (χ4v) is 7.32. The minimum absolute atomic E-state index is 0.0143. The molecule has 2 heterocycles. The Labute approximate surface area is 168 Å².